The van der Waals surface area contributed by atoms with Gasteiger partial charge in [0.2, 0.25) is 0 Å². The molecule has 1 amide bonds. The molecule has 0 radical (unpaired) electrons. The number of benzene rings is 1. The van der Waals surface area contributed by atoms with Crippen molar-refractivity contribution in [2.24, 2.45) is 5.92 Å². The van der Waals surface area contributed by atoms with Crippen LogP contribution < -0.4 is 10.1 Å². The summed E-state index contributed by atoms with van der Waals surface area (Å²) < 4.78 is 10.0. The second-order valence-corrected chi connectivity index (χ2v) is 5.21. The molecule has 1 atom stereocenters. The van der Waals surface area contributed by atoms with Crippen LogP contribution in [-0.4, -0.2) is 37.4 Å². The van der Waals surface area contributed by atoms with Crippen molar-refractivity contribution in [2.45, 2.75) is 26.8 Å². The molecule has 0 aromatic heterocycles. The third kappa shape index (κ3) is 5.95. The molecule has 0 saturated carbocycles. The van der Waals surface area contributed by atoms with Gasteiger partial charge in [-0.2, -0.15) is 0 Å². The lowest BCUT2D eigenvalue weighted by Gasteiger charge is -2.17. The van der Waals surface area contributed by atoms with E-state index in [2.05, 4.69) is 5.32 Å². The Hall–Kier alpha value is -2.37. The topological polar surface area (TPSA) is 81.7 Å². The van der Waals surface area contributed by atoms with E-state index in [1.807, 2.05) is 20.8 Å². The maximum absolute atomic E-state index is 11.6. The van der Waals surface area contributed by atoms with Gasteiger partial charge in [-0.05, 0) is 25.0 Å². The zero-order chi connectivity index (χ0) is 16.5. The Morgan fingerprint density at radius 2 is 1.86 bits per heavy atom. The third-order valence-corrected chi connectivity index (χ3v) is 3.14. The molecule has 0 fully saturated rings. The van der Waals surface area contributed by atoms with Crippen molar-refractivity contribution in [3.63, 3.8) is 0 Å². The number of para-hydroxylation sites is 1. The van der Waals surface area contributed by atoms with E-state index in [1.54, 1.807) is 24.3 Å². The Labute approximate surface area is 129 Å². The molecule has 1 aromatic rings. The van der Waals surface area contributed by atoms with Crippen LogP contribution in [0.25, 0.3) is 0 Å². The second kappa shape index (κ2) is 8.81. The van der Waals surface area contributed by atoms with E-state index in [-0.39, 0.29) is 25.2 Å². The van der Waals surface area contributed by atoms with Crippen molar-refractivity contribution in [1.82, 2.24) is 5.32 Å². The van der Waals surface area contributed by atoms with Crippen LogP contribution in [-0.2, 0) is 14.3 Å². The quantitative estimate of drug-likeness (QED) is 0.582. The van der Waals surface area contributed by atoms with E-state index >= 15 is 0 Å². The lowest BCUT2D eigenvalue weighted by Crippen LogP contribution is -2.39. The molecule has 0 heterocycles. The van der Waals surface area contributed by atoms with E-state index in [1.165, 1.54) is 0 Å². The Morgan fingerprint density at radius 1 is 1.18 bits per heavy atom. The predicted molar refractivity (Wildman–Crippen MR) is 80.7 cm³/mol. The minimum absolute atomic E-state index is 0.00178. The first-order valence-electron chi connectivity index (χ1n) is 7.06. The van der Waals surface area contributed by atoms with Gasteiger partial charge < -0.3 is 14.8 Å². The molecule has 1 aromatic carbocycles. The van der Waals surface area contributed by atoms with Crippen molar-refractivity contribution >= 4 is 18.2 Å². The summed E-state index contributed by atoms with van der Waals surface area (Å²) in [5, 5.41) is 2.72. The summed E-state index contributed by atoms with van der Waals surface area (Å²) in [5.41, 5.74) is 0.346. The summed E-state index contributed by atoms with van der Waals surface area (Å²) in [5.74, 6) is -0.439. The van der Waals surface area contributed by atoms with Crippen LogP contribution in [0.3, 0.4) is 0 Å². The predicted octanol–water partition coefficient (Wildman–Crippen LogP) is 1.58. The smallest absolute Gasteiger partial charge is 0.344 e. The lowest BCUT2D eigenvalue weighted by atomic mass is 10.1. The van der Waals surface area contributed by atoms with Crippen LogP contribution in [0.5, 0.6) is 5.75 Å². The number of esters is 1. The highest BCUT2D eigenvalue weighted by atomic mass is 16.6. The maximum Gasteiger partial charge on any atom is 0.344 e. The fourth-order valence-electron chi connectivity index (χ4n) is 1.50. The molecule has 0 aliphatic heterocycles. The number of carbonyl (C=O) groups excluding carboxylic acids is 3. The highest BCUT2D eigenvalue weighted by molar-refractivity contribution is 5.82. The van der Waals surface area contributed by atoms with Gasteiger partial charge in [0.1, 0.15) is 5.75 Å². The molecular weight excluding hydrogens is 286 g/mol. The van der Waals surface area contributed by atoms with Crippen molar-refractivity contribution < 1.29 is 23.9 Å². The van der Waals surface area contributed by atoms with Gasteiger partial charge in [-0.3, -0.25) is 9.59 Å². The monoisotopic (exact) mass is 307 g/mol. The first-order chi connectivity index (χ1) is 10.4. The second-order valence-electron chi connectivity index (χ2n) is 5.21. The fourth-order valence-corrected chi connectivity index (χ4v) is 1.50. The summed E-state index contributed by atoms with van der Waals surface area (Å²) in [6.07, 6.45) is 0.640. The van der Waals surface area contributed by atoms with E-state index in [0.29, 0.717) is 23.5 Å². The Bertz CT molecular complexity index is 527. The van der Waals surface area contributed by atoms with Crippen LogP contribution in [0.15, 0.2) is 24.3 Å². The van der Waals surface area contributed by atoms with E-state index in [0.717, 1.165) is 0 Å². The SMILES string of the molecule is CC(C)[C@H](C)NC(=O)COC(=O)COc1ccccc1C=O. The van der Waals surface area contributed by atoms with Crippen molar-refractivity contribution in [2.75, 3.05) is 13.2 Å². The van der Waals surface area contributed by atoms with Crippen LogP contribution >= 0.6 is 0 Å². The Morgan fingerprint density at radius 3 is 2.50 bits per heavy atom. The minimum Gasteiger partial charge on any atom is -0.481 e. The molecule has 0 saturated heterocycles. The minimum atomic E-state index is -0.673. The number of ether oxygens (including phenoxy) is 2. The molecule has 0 spiro atoms. The van der Waals surface area contributed by atoms with Gasteiger partial charge in [0.05, 0.1) is 5.56 Å². The number of nitrogens with one attached hydrogen (secondary N) is 1. The van der Waals surface area contributed by atoms with Crippen LogP contribution in [0, 0.1) is 5.92 Å². The average Bonchev–Trinajstić information content (AvgIpc) is 2.50. The standard InChI is InChI=1S/C16H21NO5/c1-11(2)12(3)17-15(19)9-22-16(20)10-21-14-7-5-4-6-13(14)8-18/h4-8,11-12H,9-10H2,1-3H3,(H,17,19)/t12-/m0/s1. The van der Waals surface area contributed by atoms with Gasteiger partial charge in [-0.15, -0.1) is 0 Å². The van der Waals surface area contributed by atoms with E-state index < -0.39 is 5.97 Å². The Kier molecular flexibility index (Phi) is 7.08. The van der Waals surface area contributed by atoms with Gasteiger partial charge in [0, 0.05) is 6.04 Å². The zero-order valence-corrected chi connectivity index (χ0v) is 13.0. The van der Waals surface area contributed by atoms with Gasteiger partial charge in [-0.1, -0.05) is 26.0 Å². The molecule has 0 aliphatic rings. The summed E-state index contributed by atoms with van der Waals surface area (Å²) >= 11 is 0. The normalized spacial score (nSPS) is 11.6. The largest absolute Gasteiger partial charge is 0.481 e. The van der Waals surface area contributed by atoms with Gasteiger partial charge in [0.15, 0.2) is 19.5 Å². The number of carbonyl (C=O) groups is 3. The lowest BCUT2D eigenvalue weighted by molar-refractivity contribution is -0.150. The number of rotatable bonds is 8. The number of hydrogen-bond donors (Lipinski definition) is 1. The summed E-state index contributed by atoms with van der Waals surface area (Å²) in [7, 11) is 0. The van der Waals surface area contributed by atoms with Crippen LogP contribution in [0.4, 0.5) is 0 Å². The van der Waals surface area contributed by atoms with Gasteiger partial charge >= 0.3 is 5.97 Å². The van der Waals surface area contributed by atoms with Gasteiger partial charge in [0.25, 0.3) is 5.91 Å². The Balaban J connectivity index is 2.35. The molecule has 0 bridgehead atoms. The molecule has 1 N–H and O–H groups in total. The highest BCUT2D eigenvalue weighted by Gasteiger charge is 2.13. The number of hydrogen-bond acceptors (Lipinski definition) is 5. The first-order valence-corrected chi connectivity index (χ1v) is 7.06. The van der Waals surface area contributed by atoms with Gasteiger partial charge in [-0.25, -0.2) is 4.79 Å². The van der Waals surface area contributed by atoms with Crippen molar-refractivity contribution in [3.8, 4) is 5.75 Å². The van der Waals surface area contributed by atoms with Crippen molar-refractivity contribution in [1.29, 1.82) is 0 Å². The third-order valence-electron chi connectivity index (χ3n) is 3.14. The molecule has 22 heavy (non-hydrogen) atoms. The molecule has 6 nitrogen and oxygen atoms in total. The molecule has 0 unspecified atom stereocenters. The number of amides is 1. The van der Waals surface area contributed by atoms with Crippen molar-refractivity contribution in [3.05, 3.63) is 29.8 Å². The van der Waals surface area contributed by atoms with Crippen LogP contribution in [0.1, 0.15) is 31.1 Å². The zero-order valence-electron chi connectivity index (χ0n) is 13.0. The highest BCUT2D eigenvalue weighted by Crippen LogP contribution is 2.15. The summed E-state index contributed by atoms with van der Waals surface area (Å²) in [6, 6.07) is 6.54. The van der Waals surface area contributed by atoms with E-state index in [9.17, 15) is 14.4 Å². The molecule has 120 valence electrons. The molecule has 6 heteroatoms. The van der Waals surface area contributed by atoms with E-state index in [4.69, 9.17) is 9.47 Å². The average molecular weight is 307 g/mol. The fraction of sp³-hybridized carbons (Fsp3) is 0.438. The maximum atomic E-state index is 11.6. The molecule has 1 rings (SSSR count). The summed E-state index contributed by atoms with van der Waals surface area (Å²) in [4.78, 5) is 33.9. The first kappa shape index (κ1) is 17.7. The summed E-state index contributed by atoms with van der Waals surface area (Å²) in [6.45, 7) is 5.13. The molecule has 0 aliphatic carbocycles. The molecular formula is C16H21NO5. The van der Waals surface area contributed by atoms with Crippen LogP contribution in [0.2, 0.25) is 0 Å². The number of aldehydes is 1.